The Morgan fingerprint density at radius 3 is 2.00 bits per heavy atom. The van der Waals surface area contributed by atoms with Crippen molar-refractivity contribution in [3.05, 3.63) is 35.9 Å². The number of carbonyl (C=O) groups is 2. The van der Waals surface area contributed by atoms with Crippen LogP contribution in [-0.2, 0) is 24.7 Å². The zero-order valence-corrected chi connectivity index (χ0v) is 11.5. The standard InChI is InChI=1S/C14H18O5/c1-13(2,3)19-12(16)14(17,11(15)18-4)10-8-6-5-7-9-10/h5-9,17H,1-4H3/t14-/m0/s1. The average Bonchev–Trinajstić information content (AvgIpc) is 2.35. The number of benzene rings is 1. The lowest BCUT2D eigenvalue weighted by molar-refractivity contribution is -0.190. The molecule has 1 N–H and O–H groups in total. The first kappa shape index (κ1) is 15.2. The zero-order chi connectivity index (χ0) is 14.7. The number of esters is 2. The molecule has 1 atom stereocenters. The minimum Gasteiger partial charge on any atom is -0.466 e. The van der Waals surface area contributed by atoms with Gasteiger partial charge >= 0.3 is 11.9 Å². The summed E-state index contributed by atoms with van der Waals surface area (Å²) < 4.78 is 9.61. The summed E-state index contributed by atoms with van der Waals surface area (Å²) in [5.74, 6) is -2.13. The van der Waals surface area contributed by atoms with Gasteiger partial charge in [-0.25, -0.2) is 9.59 Å². The molecule has 0 unspecified atom stereocenters. The molecule has 19 heavy (non-hydrogen) atoms. The SMILES string of the molecule is COC(=O)[C@](O)(C(=O)OC(C)(C)C)c1ccccc1. The van der Waals surface area contributed by atoms with Gasteiger partial charge < -0.3 is 14.6 Å². The van der Waals surface area contributed by atoms with Gasteiger partial charge in [0.25, 0.3) is 5.60 Å². The van der Waals surface area contributed by atoms with Gasteiger partial charge in [0.2, 0.25) is 0 Å². The van der Waals surface area contributed by atoms with E-state index in [0.717, 1.165) is 7.11 Å². The summed E-state index contributed by atoms with van der Waals surface area (Å²) in [4.78, 5) is 23.9. The summed E-state index contributed by atoms with van der Waals surface area (Å²) in [7, 11) is 1.10. The number of carbonyl (C=O) groups excluding carboxylic acids is 2. The quantitative estimate of drug-likeness (QED) is 0.661. The van der Waals surface area contributed by atoms with Crippen LogP contribution in [0.3, 0.4) is 0 Å². The van der Waals surface area contributed by atoms with E-state index in [1.165, 1.54) is 12.1 Å². The molecule has 1 rings (SSSR count). The van der Waals surface area contributed by atoms with Gasteiger partial charge in [-0.2, -0.15) is 0 Å². The van der Waals surface area contributed by atoms with E-state index < -0.39 is 23.1 Å². The maximum atomic E-state index is 12.1. The summed E-state index contributed by atoms with van der Waals surface area (Å²) in [5, 5.41) is 10.4. The van der Waals surface area contributed by atoms with Crippen molar-refractivity contribution in [1.29, 1.82) is 0 Å². The van der Waals surface area contributed by atoms with Gasteiger partial charge in [0, 0.05) is 5.56 Å². The van der Waals surface area contributed by atoms with Crippen molar-refractivity contribution in [3.8, 4) is 0 Å². The van der Waals surface area contributed by atoms with Crippen molar-refractivity contribution >= 4 is 11.9 Å². The first-order valence-electron chi connectivity index (χ1n) is 5.81. The lowest BCUT2D eigenvalue weighted by Gasteiger charge is -2.28. The molecule has 0 aliphatic carbocycles. The summed E-state index contributed by atoms with van der Waals surface area (Å²) in [5.41, 5.74) is -3.17. The van der Waals surface area contributed by atoms with Crippen LogP contribution in [0.15, 0.2) is 30.3 Å². The maximum Gasteiger partial charge on any atom is 0.355 e. The van der Waals surface area contributed by atoms with E-state index in [1.54, 1.807) is 39.0 Å². The summed E-state index contributed by atoms with van der Waals surface area (Å²) in [6.07, 6.45) is 0. The van der Waals surface area contributed by atoms with Crippen LogP contribution in [0.25, 0.3) is 0 Å². The molecule has 0 saturated heterocycles. The third-order valence-electron chi connectivity index (χ3n) is 2.37. The molecule has 104 valence electrons. The number of ether oxygens (including phenoxy) is 2. The van der Waals surface area contributed by atoms with E-state index in [4.69, 9.17) is 4.74 Å². The smallest absolute Gasteiger partial charge is 0.355 e. The first-order chi connectivity index (χ1) is 8.71. The van der Waals surface area contributed by atoms with Crippen LogP contribution >= 0.6 is 0 Å². The van der Waals surface area contributed by atoms with Gasteiger partial charge in [0.1, 0.15) is 5.60 Å². The lowest BCUT2D eigenvalue weighted by Crippen LogP contribution is -2.48. The van der Waals surface area contributed by atoms with E-state index in [0.29, 0.717) is 0 Å². The molecule has 0 fully saturated rings. The monoisotopic (exact) mass is 266 g/mol. The second-order valence-electron chi connectivity index (χ2n) is 5.07. The number of aliphatic hydroxyl groups is 1. The summed E-state index contributed by atoms with van der Waals surface area (Å²) in [6.45, 7) is 4.94. The van der Waals surface area contributed by atoms with E-state index in [-0.39, 0.29) is 5.56 Å². The molecule has 0 radical (unpaired) electrons. The molecule has 0 spiro atoms. The Morgan fingerprint density at radius 1 is 1.05 bits per heavy atom. The Morgan fingerprint density at radius 2 is 1.58 bits per heavy atom. The Hall–Kier alpha value is -1.88. The van der Waals surface area contributed by atoms with E-state index >= 15 is 0 Å². The molecule has 5 heteroatoms. The minimum atomic E-state index is -2.46. The third kappa shape index (κ3) is 3.32. The second kappa shape index (κ2) is 5.40. The fraction of sp³-hybridized carbons (Fsp3) is 0.429. The fourth-order valence-electron chi connectivity index (χ4n) is 1.50. The molecule has 0 amide bonds. The molecule has 1 aromatic carbocycles. The summed E-state index contributed by atoms with van der Waals surface area (Å²) >= 11 is 0. The highest BCUT2D eigenvalue weighted by Crippen LogP contribution is 2.26. The number of methoxy groups -OCH3 is 1. The molecular formula is C14H18O5. The molecule has 5 nitrogen and oxygen atoms in total. The van der Waals surface area contributed by atoms with Crippen molar-refractivity contribution in [3.63, 3.8) is 0 Å². The van der Waals surface area contributed by atoms with Crippen LogP contribution in [-0.4, -0.2) is 29.8 Å². The number of hydrogen-bond acceptors (Lipinski definition) is 5. The predicted octanol–water partition coefficient (Wildman–Crippen LogP) is 1.39. The van der Waals surface area contributed by atoms with Crippen molar-refractivity contribution in [1.82, 2.24) is 0 Å². The second-order valence-corrected chi connectivity index (χ2v) is 5.07. The molecule has 0 aliphatic rings. The van der Waals surface area contributed by atoms with Gasteiger partial charge in [-0.05, 0) is 20.8 Å². The van der Waals surface area contributed by atoms with Crippen LogP contribution in [0.5, 0.6) is 0 Å². The van der Waals surface area contributed by atoms with Gasteiger partial charge in [0.05, 0.1) is 7.11 Å². The van der Waals surface area contributed by atoms with E-state index in [1.807, 2.05) is 0 Å². The van der Waals surface area contributed by atoms with Gasteiger partial charge in [-0.1, -0.05) is 30.3 Å². The highest BCUT2D eigenvalue weighted by Gasteiger charge is 2.50. The van der Waals surface area contributed by atoms with Crippen LogP contribution in [0.2, 0.25) is 0 Å². The van der Waals surface area contributed by atoms with Gasteiger partial charge in [-0.15, -0.1) is 0 Å². The lowest BCUT2D eigenvalue weighted by atomic mass is 9.93. The Labute approximate surface area is 112 Å². The van der Waals surface area contributed by atoms with Crippen molar-refractivity contribution < 1.29 is 24.2 Å². The van der Waals surface area contributed by atoms with Crippen LogP contribution in [0, 0.1) is 0 Å². The highest BCUT2D eigenvalue weighted by molar-refractivity contribution is 6.04. The molecule has 0 bridgehead atoms. The molecule has 1 aromatic rings. The predicted molar refractivity (Wildman–Crippen MR) is 68.2 cm³/mol. The first-order valence-corrected chi connectivity index (χ1v) is 5.81. The number of rotatable bonds is 3. The van der Waals surface area contributed by atoms with Crippen molar-refractivity contribution in [2.75, 3.05) is 7.11 Å². The zero-order valence-electron chi connectivity index (χ0n) is 11.5. The molecule has 0 aromatic heterocycles. The Balaban J connectivity index is 3.22. The fourth-order valence-corrected chi connectivity index (χ4v) is 1.50. The highest BCUT2D eigenvalue weighted by atomic mass is 16.6. The largest absolute Gasteiger partial charge is 0.466 e. The van der Waals surface area contributed by atoms with E-state index in [9.17, 15) is 14.7 Å². The summed E-state index contributed by atoms with van der Waals surface area (Å²) in [6, 6.07) is 7.83. The molecular weight excluding hydrogens is 248 g/mol. The molecule has 0 aliphatic heterocycles. The maximum absolute atomic E-state index is 12.1. The van der Waals surface area contributed by atoms with Gasteiger partial charge in [-0.3, -0.25) is 0 Å². The van der Waals surface area contributed by atoms with Crippen molar-refractivity contribution in [2.24, 2.45) is 0 Å². The Bertz CT molecular complexity index is 460. The normalized spacial score (nSPS) is 14.4. The van der Waals surface area contributed by atoms with Crippen LogP contribution in [0.1, 0.15) is 26.3 Å². The van der Waals surface area contributed by atoms with Crippen molar-refractivity contribution in [2.45, 2.75) is 32.0 Å². The minimum absolute atomic E-state index is 0.108. The van der Waals surface area contributed by atoms with Crippen LogP contribution in [0.4, 0.5) is 0 Å². The molecule has 0 saturated carbocycles. The van der Waals surface area contributed by atoms with Crippen LogP contribution < -0.4 is 0 Å². The topological polar surface area (TPSA) is 72.8 Å². The average molecular weight is 266 g/mol. The Kier molecular flexibility index (Phi) is 4.32. The third-order valence-corrected chi connectivity index (χ3v) is 2.37. The van der Waals surface area contributed by atoms with E-state index in [2.05, 4.69) is 4.74 Å². The van der Waals surface area contributed by atoms with Gasteiger partial charge in [0.15, 0.2) is 0 Å². The molecule has 0 heterocycles. The number of hydrogen-bond donors (Lipinski definition) is 1.